The van der Waals surface area contributed by atoms with E-state index in [1.807, 2.05) is 0 Å². The second-order valence-corrected chi connectivity index (χ2v) is 7.67. The Labute approximate surface area is 130 Å². The van der Waals surface area contributed by atoms with E-state index < -0.39 is 9.84 Å². The molecule has 1 aromatic heterocycles. The SMILES string of the molecule is O=S(=O)(CC1=NCCO1)c1snnc1-c1ccc(Cl)cc1. The molecule has 3 rings (SSSR count). The van der Waals surface area contributed by atoms with Gasteiger partial charge < -0.3 is 4.74 Å². The van der Waals surface area contributed by atoms with Gasteiger partial charge in [-0.1, -0.05) is 28.2 Å². The molecule has 0 spiro atoms. The summed E-state index contributed by atoms with van der Waals surface area (Å²) in [5, 5.41) is 4.49. The Morgan fingerprint density at radius 2 is 2.05 bits per heavy atom. The van der Waals surface area contributed by atoms with Gasteiger partial charge in [-0.3, -0.25) is 4.99 Å². The molecule has 1 aliphatic heterocycles. The molecule has 0 unspecified atom stereocenters. The van der Waals surface area contributed by atoms with Crippen molar-refractivity contribution < 1.29 is 13.2 Å². The average molecular weight is 344 g/mol. The molecule has 2 aromatic rings. The van der Waals surface area contributed by atoms with Gasteiger partial charge in [0.1, 0.15) is 18.1 Å². The van der Waals surface area contributed by atoms with Crippen LogP contribution in [-0.4, -0.2) is 42.8 Å². The Morgan fingerprint density at radius 1 is 1.29 bits per heavy atom. The summed E-state index contributed by atoms with van der Waals surface area (Å²) in [6, 6.07) is 6.77. The molecule has 1 aliphatic rings. The Morgan fingerprint density at radius 3 is 2.71 bits per heavy atom. The molecule has 0 saturated heterocycles. The molecule has 2 heterocycles. The molecule has 0 radical (unpaired) electrons. The normalized spacial score (nSPS) is 14.8. The zero-order valence-electron chi connectivity index (χ0n) is 10.7. The standard InChI is InChI=1S/C12H10ClN3O3S2/c13-9-3-1-8(2-4-9)11-12(20-16-15-11)21(17,18)7-10-14-5-6-19-10/h1-4H,5-7H2. The van der Waals surface area contributed by atoms with E-state index in [0.717, 1.165) is 11.5 Å². The summed E-state index contributed by atoms with van der Waals surface area (Å²) in [7, 11) is -3.58. The smallest absolute Gasteiger partial charge is 0.200 e. The van der Waals surface area contributed by atoms with Gasteiger partial charge in [-0.2, -0.15) is 0 Å². The van der Waals surface area contributed by atoms with E-state index in [1.165, 1.54) is 0 Å². The largest absolute Gasteiger partial charge is 0.478 e. The molecule has 0 fully saturated rings. The second-order valence-electron chi connectivity index (χ2n) is 4.30. The summed E-state index contributed by atoms with van der Waals surface area (Å²) in [5.41, 5.74) is 0.983. The third-order valence-electron chi connectivity index (χ3n) is 2.82. The van der Waals surface area contributed by atoms with Crippen molar-refractivity contribution in [3.63, 3.8) is 0 Å². The van der Waals surface area contributed by atoms with Gasteiger partial charge in [0.2, 0.25) is 0 Å². The summed E-state index contributed by atoms with van der Waals surface area (Å²) in [4.78, 5) is 4.01. The molecular formula is C12H10ClN3O3S2. The van der Waals surface area contributed by atoms with Gasteiger partial charge in [-0.15, -0.1) is 5.10 Å². The lowest BCUT2D eigenvalue weighted by Crippen LogP contribution is -2.16. The minimum Gasteiger partial charge on any atom is -0.478 e. The van der Waals surface area contributed by atoms with Crippen molar-refractivity contribution in [2.24, 2.45) is 4.99 Å². The van der Waals surface area contributed by atoms with Gasteiger partial charge in [0.05, 0.1) is 6.54 Å². The number of nitrogens with zero attached hydrogens (tertiary/aromatic N) is 3. The molecular weight excluding hydrogens is 334 g/mol. The van der Waals surface area contributed by atoms with Crippen LogP contribution in [0.1, 0.15) is 0 Å². The van der Waals surface area contributed by atoms with E-state index in [1.54, 1.807) is 24.3 Å². The number of hydrogen-bond donors (Lipinski definition) is 0. The maximum Gasteiger partial charge on any atom is 0.200 e. The van der Waals surface area contributed by atoms with Crippen LogP contribution in [0.2, 0.25) is 5.02 Å². The monoisotopic (exact) mass is 343 g/mol. The number of ether oxygens (including phenoxy) is 1. The van der Waals surface area contributed by atoms with Gasteiger partial charge in [-0.25, -0.2) is 8.42 Å². The number of sulfone groups is 1. The third kappa shape index (κ3) is 3.07. The maximum atomic E-state index is 12.5. The van der Waals surface area contributed by atoms with Crippen LogP contribution >= 0.6 is 23.1 Å². The Kier molecular flexibility index (Phi) is 3.92. The fourth-order valence-electron chi connectivity index (χ4n) is 1.86. The number of aliphatic imine (C=N–C) groups is 1. The van der Waals surface area contributed by atoms with Gasteiger partial charge in [0, 0.05) is 22.1 Å². The molecule has 0 N–H and O–H groups in total. The fraction of sp³-hybridized carbons (Fsp3) is 0.250. The lowest BCUT2D eigenvalue weighted by Gasteiger charge is -2.04. The van der Waals surface area contributed by atoms with Crippen molar-refractivity contribution in [2.45, 2.75) is 4.21 Å². The molecule has 0 atom stereocenters. The molecule has 0 saturated carbocycles. The second kappa shape index (κ2) is 5.70. The highest BCUT2D eigenvalue weighted by atomic mass is 35.5. The third-order valence-corrected chi connectivity index (χ3v) is 5.96. The summed E-state index contributed by atoms with van der Waals surface area (Å²) in [5.74, 6) is -0.0252. The molecule has 0 amide bonds. The predicted molar refractivity (Wildman–Crippen MR) is 80.7 cm³/mol. The molecule has 0 aliphatic carbocycles. The molecule has 9 heteroatoms. The zero-order chi connectivity index (χ0) is 14.9. The van der Waals surface area contributed by atoms with Crippen molar-refractivity contribution in [2.75, 3.05) is 18.9 Å². The van der Waals surface area contributed by atoms with Gasteiger partial charge >= 0.3 is 0 Å². The lowest BCUT2D eigenvalue weighted by atomic mass is 10.2. The summed E-state index contributed by atoms with van der Waals surface area (Å²) < 4.78 is 33.9. The van der Waals surface area contributed by atoms with E-state index in [9.17, 15) is 8.42 Å². The lowest BCUT2D eigenvalue weighted by molar-refractivity contribution is 0.345. The molecule has 6 nitrogen and oxygen atoms in total. The van der Waals surface area contributed by atoms with Crippen molar-refractivity contribution >= 4 is 38.9 Å². The molecule has 21 heavy (non-hydrogen) atoms. The van der Waals surface area contributed by atoms with Crippen LogP contribution in [0.5, 0.6) is 0 Å². The Bertz CT molecular complexity index is 784. The molecule has 0 bridgehead atoms. The van der Waals surface area contributed by atoms with Gasteiger partial charge in [-0.05, 0) is 12.1 Å². The topological polar surface area (TPSA) is 81.5 Å². The minimum atomic E-state index is -3.58. The van der Waals surface area contributed by atoms with Crippen LogP contribution < -0.4 is 0 Å². The van der Waals surface area contributed by atoms with Crippen molar-refractivity contribution in [1.29, 1.82) is 0 Å². The Hall–Kier alpha value is -1.51. The van der Waals surface area contributed by atoms with Crippen LogP contribution in [-0.2, 0) is 14.6 Å². The predicted octanol–water partition coefficient (Wildman–Crippen LogP) is 2.06. The molecule has 1 aromatic carbocycles. The Balaban J connectivity index is 1.96. The quantitative estimate of drug-likeness (QED) is 0.848. The van der Waals surface area contributed by atoms with Gasteiger partial charge in [0.15, 0.2) is 19.9 Å². The van der Waals surface area contributed by atoms with E-state index in [2.05, 4.69) is 14.6 Å². The number of aromatic nitrogens is 2. The minimum absolute atomic E-state index is 0.114. The van der Waals surface area contributed by atoms with Crippen LogP contribution in [0.15, 0.2) is 33.5 Å². The fourth-order valence-corrected chi connectivity index (χ4v) is 4.25. The summed E-state index contributed by atoms with van der Waals surface area (Å²) in [6.07, 6.45) is 0. The van der Waals surface area contributed by atoms with Crippen molar-refractivity contribution in [3.05, 3.63) is 29.3 Å². The number of benzene rings is 1. The highest BCUT2D eigenvalue weighted by Crippen LogP contribution is 2.29. The van der Waals surface area contributed by atoms with Crippen LogP contribution in [0, 0.1) is 0 Å². The summed E-state index contributed by atoms with van der Waals surface area (Å²) in [6.45, 7) is 0.922. The summed E-state index contributed by atoms with van der Waals surface area (Å²) >= 11 is 6.68. The van der Waals surface area contributed by atoms with E-state index in [4.69, 9.17) is 16.3 Å². The van der Waals surface area contributed by atoms with Crippen LogP contribution in [0.4, 0.5) is 0 Å². The van der Waals surface area contributed by atoms with Crippen LogP contribution in [0.25, 0.3) is 11.3 Å². The number of hydrogen-bond acceptors (Lipinski definition) is 7. The first-order valence-corrected chi connectivity index (χ1v) is 8.84. The first-order valence-electron chi connectivity index (χ1n) is 6.03. The van der Waals surface area contributed by atoms with E-state index in [0.29, 0.717) is 29.4 Å². The average Bonchev–Trinajstić information content (AvgIpc) is 3.10. The zero-order valence-corrected chi connectivity index (χ0v) is 13.1. The van der Waals surface area contributed by atoms with E-state index in [-0.39, 0.29) is 15.9 Å². The van der Waals surface area contributed by atoms with E-state index >= 15 is 0 Å². The van der Waals surface area contributed by atoms with Crippen LogP contribution in [0.3, 0.4) is 0 Å². The number of rotatable bonds is 4. The van der Waals surface area contributed by atoms with Crippen molar-refractivity contribution in [3.8, 4) is 11.3 Å². The highest BCUT2D eigenvalue weighted by Gasteiger charge is 2.27. The first kappa shape index (κ1) is 14.4. The maximum absolute atomic E-state index is 12.5. The highest BCUT2D eigenvalue weighted by molar-refractivity contribution is 7.94. The number of halogens is 1. The molecule has 110 valence electrons. The first-order chi connectivity index (χ1) is 10.1. The van der Waals surface area contributed by atoms with Crippen molar-refractivity contribution in [1.82, 2.24) is 9.59 Å². The van der Waals surface area contributed by atoms with Gasteiger partial charge in [0.25, 0.3) is 0 Å².